The highest BCUT2D eigenvalue weighted by Gasteiger charge is 2.27. The number of nitrogens with one attached hydrogen (secondary N) is 1. The van der Waals surface area contributed by atoms with Gasteiger partial charge in [-0.15, -0.1) is 0 Å². The van der Waals surface area contributed by atoms with E-state index in [2.05, 4.69) is 5.32 Å². The van der Waals surface area contributed by atoms with E-state index >= 15 is 0 Å². The second kappa shape index (κ2) is 25.4. The highest BCUT2D eigenvalue weighted by molar-refractivity contribution is 5.78. The van der Waals surface area contributed by atoms with Crippen molar-refractivity contribution in [1.82, 2.24) is 30.0 Å². The molecular formula is C42H78N6O11. The third-order valence-corrected chi connectivity index (χ3v) is 8.42. The number of hydrogen-bond acceptors (Lipinski definition) is 14. The van der Waals surface area contributed by atoms with Gasteiger partial charge >= 0.3 is 23.9 Å². The van der Waals surface area contributed by atoms with Crippen LogP contribution in [0.1, 0.15) is 122 Å². The van der Waals surface area contributed by atoms with Gasteiger partial charge in [-0.05, 0) is 109 Å². The second-order valence-corrected chi connectivity index (χ2v) is 19.2. The number of unbranched alkanes of at least 4 members (excludes halogenated alkanes) is 2. The van der Waals surface area contributed by atoms with Crippen molar-refractivity contribution in [2.45, 2.75) is 144 Å². The summed E-state index contributed by atoms with van der Waals surface area (Å²) in [7, 11) is 0. The number of amides is 2. The van der Waals surface area contributed by atoms with Gasteiger partial charge in [0.2, 0.25) is 11.8 Å². The fourth-order valence-corrected chi connectivity index (χ4v) is 5.99. The van der Waals surface area contributed by atoms with Gasteiger partial charge in [-0.25, -0.2) is 5.06 Å². The molecule has 1 fully saturated rings. The second-order valence-electron chi connectivity index (χ2n) is 19.2. The summed E-state index contributed by atoms with van der Waals surface area (Å²) >= 11 is 0. The first kappa shape index (κ1) is 53.6. The zero-order chi connectivity index (χ0) is 45.0. The predicted octanol–water partition coefficient (Wildman–Crippen LogP) is 3.33. The lowest BCUT2D eigenvalue weighted by molar-refractivity contribution is -0.227. The Hall–Kier alpha value is -3.38. The molecule has 1 rings (SSSR count). The van der Waals surface area contributed by atoms with Crippen molar-refractivity contribution in [3.8, 4) is 0 Å². The van der Waals surface area contributed by atoms with Crippen LogP contribution in [0.25, 0.3) is 0 Å². The molecule has 0 aromatic rings. The lowest BCUT2D eigenvalue weighted by atomic mass is 10.2. The van der Waals surface area contributed by atoms with E-state index < -0.39 is 28.4 Å². The SMILES string of the molecule is CC(C)(C)OC(=O)CN1CCN(CC(=O)NCCCCCN(OC(C)(C)C)C(=O)CCCC(=O)O)CCN(CC(=O)OC(C)(C)C)CCN(CC(=O)OC(C)(C)C)CC1. The minimum Gasteiger partial charge on any atom is -0.481 e. The number of carbonyl (C=O) groups is 6. The Morgan fingerprint density at radius 1 is 0.508 bits per heavy atom. The number of carboxylic acid groups (broad SMARTS) is 1. The molecule has 0 radical (unpaired) electrons. The largest absolute Gasteiger partial charge is 0.481 e. The minimum absolute atomic E-state index is 0.0362. The van der Waals surface area contributed by atoms with E-state index in [0.717, 1.165) is 6.42 Å². The lowest BCUT2D eigenvalue weighted by Gasteiger charge is -2.34. The molecule has 0 saturated carbocycles. The molecular weight excluding hydrogens is 764 g/mol. The first-order valence-electron chi connectivity index (χ1n) is 21.1. The summed E-state index contributed by atoms with van der Waals surface area (Å²) in [5.74, 6) is -2.47. The smallest absolute Gasteiger partial charge is 0.320 e. The molecule has 0 spiro atoms. The molecule has 2 amide bonds. The number of hydroxylamine groups is 2. The van der Waals surface area contributed by atoms with E-state index in [1.807, 2.05) is 103 Å². The molecule has 1 aliphatic rings. The first-order valence-corrected chi connectivity index (χ1v) is 21.1. The van der Waals surface area contributed by atoms with Crippen LogP contribution < -0.4 is 5.32 Å². The molecule has 342 valence electrons. The topological polar surface area (TPSA) is 188 Å². The van der Waals surface area contributed by atoms with Crippen LogP contribution in [0.15, 0.2) is 0 Å². The van der Waals surface area contributed by atoms with Crippen LogP contribution in [0, 0.1) is 0 Å². The maximum atomic E-state index is 13.3. The molecule has 1 heterocycles. The van der Waals surface area contributed by atoms with Crippen LogP contribution >= 0.6 is 0 Å². The molecule has 59 heavy (non-hydrogen) atoms. The summed E-state index contributed by atoms with van der Waals surface area (Å²) in [6, 6.07) is 0. The van der Waals surface area contributed by atoms with Crippen LogP contribution in [0.4, 0.5) is 0 Å². The summed E-state index contributed by atoms with van der Waals surface area (Å²) in [5.41, 5.74) is -2.56. The molecule has 17 nitrogen and oxygen atoms in total. The van der Waals surface area contributed by atoms with Crippen LogP contribution in [-0.4, -0.2) is 179 Å². The highest BCUT2D eigenvalue weighted by atomic mass is 16.7. The van der Waals surface area contributed by atoms with Gasteiger partial charge in [-0.1, -0.05) is 0 Å². The van der Waals surface area contributed by atoms with Crippen molar-refractivity contribution < 1.29 is 52.9 Å². The summed E-state index contributed by atoms with van der Waals surface area (Å²) < 4.78 is 16.9. The van der Waals surface area contributed by atoms with E-state index in [1.54, 1.807) is 0 Å². The maximum absolute atomic E-state index is 13.3. The quantitative estimate of drug-likeness (QED) is 0.0834. The summed E-state index contributed by atoms with van der Waals surface area (Å²) in [6.45, 7) is 26.5. The summed E-state index contributed by atoms with van der Waals surface area (Å²) in [6.07, 6.45) is 2.27. The Kier molecular flexibility index (Phi) is 23.1. The third-order valence-electron chi connectivity index (χ3n) is 8.42. The normalized spacial score (nSPS) is 16.3. The van der Waals surface area contributed by atoms with Gasteiger partial charge in [-0.2, -0.15) is 0 Å². The fourth-order valence-electron chi connectivity index (χ4n) is 5.99. The molecule has 1 saturated heterocycles. The number of carboxylic acids is 1. The number of nitrogens with zero attached hydrogens (tertiary/aromatic N) is 5. The first-order chi connectivity index (χ1) is 27.1. The lowest BCUT2D eigenvalue weighted by Crippen LogP contribution is -2.50. The van der Waals surface area contributed by atoms with Crippen molar-refractivity contribution >= 4 is 35.7 Å². The number of esters is 3. The fraction of sp³-hybridized carbons (Fsp3) is 0.857. The molecule has 0 atom stereocenters. The molecule has 1 aliphatic heterocycles. The minimum atomic E-state index is -0.948. The standard InChI is InChI=1S/C42H78N6O11/c1-39(2,3)56-36(53)30-45-23-21-44(29-33(49)43-19-14-13-15-20-48(59-42(10,11)12)34(50)17-16-18-35(51)52)22-24-46(31-37(54)57-40(4,5)6)26-28-47(27-25-45)32-38(55)58-41(7,8)9/h13-32H2,1-12H3,(H,43,49)(H,51,52). The molecule has 0 aromatic heterocycles. The zero-order valence-corrected chi connectivity index (χ0v) is 38.4. The molecule has 0 aromatic carbocycles. The van der Waals surface area contributed by atoms with Gasteiger partial charge in [-0.3, -0.25) is 53.2 Å². The average Bonchev–Trinajstić information content (AvgIpc) is 3.03. The Balaban J connectivity index is 3.04. The molecule has 0 unspecified atom stereocenters. The summed E-state index contributed by atoms with van der Waals surface area (Å²) in [5, 5.41) is 13.3. The monoisotopic (exact) mass is 843 g/mol. The van der Waals surface area contributed by atoms with Gasteiger partial charge < -0.3 is 24.6 Å². The molecule has 0 bridgehead atoms. The van der Waals surface area contributed by atoms with E-state index in [-0.39, 0.29) is 75.2 Å². The van der Waals surface area contributed by atoms with Crippen LogP contribution in [0.3, 0.4) is 0 Å². The molecule has 17 heteroatoms. The van der Waals surface area contributed by atoms with Crippen molar-refractivity contribution in [1.29, 1.82) is 0 Å². The van der Waals surface area contributed by atoms with Gasteiger partial charge in [0.25, 0.3) is 0 Å². The van der Waals surface area contributed by atoms with E-state index in [9.17, 15) is 28.8 Å². The van der Waals surface area contributed by atoms with Gasteiger partial charge in [0, 0.05) is 78.3 Å². The highest BCUT2D eigenvalue weighted by Crippen LogP contribution is 2.15. The Morgan fingerprint density at radius 3 is 1.22 bits per heavy atom. The number of aliphatic carboxylic acids is 1. The van der Waals surface area contributed by atoms with Crippen molar-refractivity contribution in [3.63, 3.8) is 0 Å². The Bertz CT molecular complexity index is 1290. The van der Waals surface area contributed by atoms with Crippen LogP contribution in [0.5, 0.6) is 0 Å². The maximum Gasteiger partial charge on any atom is 0.320 e. The van der Waals surface area contributed by atoms with Gasteiger partial charge in [0.1, 0.15) is 16.8 Å². The van der Waals surface area contributed by atoms with Crippen molar-refractivity contribution in [2.24, 2.45) is 0 Å². The van der Waals surface area contributed by atoms with Gasteiger partial charge in [0.05, 0.1) is 31.8 Å². The van der Waals surface area contributed by atoms with Crippen molar-refractivity contribution in [3.05, 3.63) is 0 Å². The molecule has 0 aliphatic carbocycles. The average molecular weight is 843 g/mol. The molecule has 2 N–H and O–H groups in total. The van der Waals surface area contributed by atoms with Crippen molar-refractivity contribution in [2.75, 3.05) is 91.6 Å². The van der Waals surface area contributed by atoms with Crippen LogP contribution in [0.2, 0.25) is 0 Å². The third kappa shape index (κ3) is 29.5. The number of ether oxygens (including phenoxy) is 3. The van der Waals surface area contributed by atoms with E-state index in [1.165, 1.54) is 5.06 Å². The zero-order valence-electron chi connectivity index (χ0n) is 38.4. The number of hydrogen-bond donors (Lipinski definition) is 2. The van der Waals surface area contributed by atoms with Gasteiger partial charge in [0.15, 0.2) is 0 Å². The van der Waals surface area contributed by atoms with E-state index in [0.29, 0.717) is 78.3 Å². The van der Waals surface area contributed by atoms with E-state index in [4.69, 9.17) is 24.2 Å². The van der Waals surface area contributed by atoms with Crippen LogP contribution in [-0.2, 0) is 47.8 Å². The number of carbonyl (C=O) groups excluding carboxylic acids is 5. The predicted molar refractivity (Wildman–Crippen MR) is 224 cm³/mol. The Labute approximate surface area is 353 Å². The Morgan fingerprint density at radius 2 is 0.881 bits per heavy atom. The number of rotatable bonds is 19. The summed E-state index contributed by atoms with van der Waals surface area (Å²) in [4.78, 5) is 89.6.